The molecule has 1 fully saturated rings. The summed E-state index contributed by atoms with van der Waals surface area (Å²) < 4.78 is 5.45. The Labute approximate surface area is 122 Å². The maximum atomic E-state index is 5.45. The quantitative estimate of drug-likeness (QED) is 0.813. The molecule has 1 aromatic heterocycles. The number of likely N-dealkylation sites (tertiary alicyclic amines) is 1. The Bertz CT molecular complexity index is 408. The molecule has 2 heterocycles. The highest BCUT2D eigenvalue weighted by atomic mass is 16.5. The summed E-state index contributed by atoms with van der Waals surface area (Å²) in [5, 5.41) is 7.48. The van der Waals surface area contributed by atoms with E-state index in [1.165, 1.54) is 19.5 Å². The minimum Gasteiger partial charge on any atom is -0.360 e. The summed E-state index contributed by atoms with van der Waals surface area (Å²) in [5.74, 6) is 1.78. The van der Waals surface area contributed by atoms with E-state index < -0.39 is 0 Å². The molecule has 1 aliphatic rings. The van der Waals surface area contributed by atoms with Crippen molar-refractivity contribution >= 4 is 0 Å². The van der Waals surface area contributed by atoms with Gasteiger partial charge in [0, 0.05) is 19.2 Å². The molecule has 0 aromatic carbocycles. The van der Waals surface area contributed by atoms with E-state index in [0.29, 0.717) is 5.41 Å². The van der Waals surface area contributed by atoms with E-state index in [9.17, 15) is 0 Å². The monoisotopic (exact) mass is 279 g/mol. The van der Waals surface area contributed by atoms with E-state index in [-0.39, 0.29) is 0 Å². The summed E-state index contributed by atoms with van der Waals surface area (Å²) in [5.41, 5.74) is 1.42. The standard InChI is InChI=1S/C16H29N3O/c1-5-7-17-10-14-9-15(20-18-14)12-19-8-6-13(11-19)16(2,3)4/h9,13,17H,5-8,10-12H2,1-4H3. The highest BCUT2D eigenvalue weighted by molar-refractivity contribution is 5.05. The van der Waals surface area contributed by atoms with Gasteiger partial charge in [-0.05, 0) is 37.3 Å². The summed E-state index contributed by atoms with van der Waals surface area (Å²) in [6.45, 7) is 14.3. The van der Waals surface area contributed by atoms with Crippen LogP contribution in [-0.4, -0.2) is 29.7 Å². The van der Waals surface area contributed by atoms with Gasteiger partial charge in [-0.15, -0.1) is 0 Å². The first-order chi connectivity index (χ1) is 9.49. The molecule has 4 nitrogen and oxygen atoms in total. The molecule has 1 aromatic rings. The van der Waals surface area contributed by atoms with Gasteiger partial charge in [0.25, 0.3) is 0 Å². The van der Waals surface area contributed by atoms with Gasteiger partial charge in [0.1, 0.15) is 0 Å². The Hall–Kier alpha value is -0.870. The van der Waals surface area contributed by atoms with Crippen LogP contribution >= 0.6 is 0 Å². The molecule has 2 rings (SSSR count). The Morgan fingerprint density at radius 1 is 1.45 bits per heavy atom. The summed E-state index contributed by atoms with van der Waals surface area (Å²) in [6, 6.07) is 2.09. The zero-order valence-corrected chi connectivity index (χ0v) is 13.4. The zero-order chi connectivity index (χ0) is 14.6. The number of aromatic nitrogens is 1. The third kappa shape index (κ3) is 4.32. The van der Waals surface area contributed by atoms with E-state index >= 15 is 0 Å². The lowest BCUT2D eigenvalue weighted by Crippen LogP contribution is -2.25. The molecule has 0 bridgehead atoms. The van der Waals surface area contributed by atoms with E-state index in [1.807, 2.05) is 0 Å². The average molecular weight is 279 g/mol. The van der Waals surface area contributed by atoms with Crippen LogP contribution in [0.5, 0.6) is 0 Å². The Balaban J connectivity index is 1.80. The van der Waals surface area contributed by atoms with Crippen LogP contribution in [0.4, 0.5) is 0 Å². The lowest BCUT2D eigenvalue weighted by atomic mass is 9.80. The van der Waals surface area contributed by atoms with Crippen molar-refractivity contribution in [2.75, 3.05) is 19.6 Å². The second-order valence-electron chi connectivity index (χ2n) is 7.05. The smallest absolute Gasteiger partial charge is 0.151 e. The van der Waals surface area contributed by atoms with Crippen molar-refractivity contribution in [2.45, 2.75) is 53.6 Å². The van der Waals surface area contributed by atoms with Crippen molar-refractivity contribution in [1.82, 2.24) is 15.4 Å². The predicted octanol–water partition coefficient (Wildman–Crippen LogP) is 3.04. The van der Waals surface area contributed by atoms with Crippen LogP contribution in [0.3, 0.4) is 0 Å². The van der Waals surface area contributed by atoms with Crippen molar-refractivity contribution in [3.63, 3.8) is 0 Å². The first-order valence-corrected chi connectivity index (χ1v) is 7.86. The maximum Gasteiger partial charge on any atom is 0.151 e. The molecular weight excluding hydrogens is 250 g/mol. The molecule has 1 atom stereocenters. The first-order valence-electron chi connectivity index (χ1n) is 7.86. The molecule has 114 valence electrons. The maximum absolute atomic E-state index is 5.45. The van der Waals surface area contributed by atoms with Gasteiger partial charge in [-0.1, -0.05) is 32.9 Å². The van der Waals surface area contributed by atoms with Crippen LogP contribution in [0, 0.1) is 11.3 Å². The number of nitrogens with zero attached hydrogens (tertiary/aromatic N) is 2. The summed E-state index contributed by atoms with van der Waals surface area (Å²) >= 11 is 0. The van der Waals surface area contributed by atoms with Gasteiger partial charge >= 0.3 is 0 Å². The van der Waals surface area contributed by atoms with Gasteiger partial charge in [-0.2, -0.15) is 0 Å². The second-order valence-corrected chi connectivity index (χ2v) is 7.05. The Kier molecular flexibility index (Phi) is 5.22. The highest BCUT2D eigenvalue weighted by Gasteiger charge is 2.31. The number of hydrogen-bond acceptors (Lipinski definition) is 4. The number of hydrogen-bond donors (Lipinski definition) is 1. The van der Waals surface area contributed by atoms with Crippen LogP contribution in [0.25, 0.3) is 0 Å². The van der Waals surface area contributed by atoms with Crippen molar-refractivity contribution in [3.8, 4) is 0 Å². The molecule has 0 radical (unpaired) electrons. The summed E-state index contributed by atoms with van der Waals surface area (Å²) in [6.07, 6.45) is 2.44. The third-order valence-electron chi connectivity index (χ3n) is 4.22. The number of rotatable bonds is 6. The largest absolute Gasteiger partial charge is 0.360 e. The average Bonchev–Trinajstić information content (AvgIpc) is 2.99. The molecule has 20 heavy (non-hydrogen) atoms. The predicted molar refractivity (Wildman–Crippen MR) is 81.3 cm³/mol. The van der Waals surface area contributed by atoms with Gasteiger partial charge in [-0.3, -0.25) is 4.90 Å². The Morgan fingerprint density at radius 2 is 2.25 bits per heavy atom. The van der Waals surface area contributed by atoms with Crippen LogP contribution in [0.1, 0.15) is 52.0 Å². The zero-order valence-electron chi connectivity index (χ0n) is 13.4. The normalized spacial score (nSPS) is 20.7. The highest BCUT2D eigenvalue weighted by Crippen LogP contribution is 2.34. The van der Waals surface area contributed by atoms with E-state index in [2.05, 4.69) is 49.1 Å². The van der Waals surface area contributed by atoms with Crippen LogP contribution in [-0.2, 0) is 13.1 Å². The summed E-state index contributed by atoms with van der Waals surface area (Å²) in [4.78, 5) is 2.49. The summed E-state index contributed by atoms with van der Waals surface area (Å²) in [7, 11) is 0. The van der Waals surface area contributed by atoms with Crippen molar-refractivity contribution in [3.05, 3.63) is 17.5 Å². The number of nitrogens with one attached hydrogen (secondary N) is 1. The van der Waals surface area contributed by atoms with E-state index in [4.69, 9.17) is 4.52 Å². The molecular formula is C16H29N3O. The minimum absolute atomic E-state index is 0.408. The molecule has 1 saturated heterocycles. The van der Waals surface area contributed by atoms with E-state index in [0.717, 1.165) is 43.4 Å². The molecule has 1 N–H and O–H groups in total. The topological polar surface area (TPSA) is 41.3 Å². The van der Waals surface area contributed by atoms with Gasteiger partial charge in [0.05, 0.1) is 12.2 Å². The molecule has 0 aliphatic carbocycles. The second kappa shape index (κ2) is 6.72. The third-order valence-corrected chi connectivity index (χ3v) is 4.22. The fourth-order valence-corrected chi connectivity index (χ4v) is 2.81. The van der Waals surface area contributed by atoms with Crippen LogP contribution in [0.2, 0.25) is 0 Å². The fourth-order valence-electron chi connectivity index (χ4n) is 2.81. The minimum atomic E-state index is 0.408. The van der Waals surface area contributed by atoms with Gasteiger partial charge in [0.2, 0.25) is 0 Å². The van der Waals surface area contributed by atoms with Crippen molar-refractivity contribution in [2.24, 2.45) is 11.3 Å². The van der Waals surface area contributed by atoms with Gasteiger partial charge in [-0.25, -0.2) is 0 Å². The van der Waals surface area contributed by atoms with Gasteiger partial charge in [0.15, 0.2) is 5.76 Å². The van der Waals surface area contributed by atoms with Crippen molar-refractivity contribution < 1.29 is 4.52 Å². The lowest BCUT2D eigenvalue weighted by molar-refractivity contribution is 0.214. The van der Waals surface area contributed by atoms with Crippen LogP contribution < -0.4 is 5.32 Å². The molecule has 0 amide bonds. The molecule has 1 aliphatic heterocycles. The Morgan fingerprint density at radius 3 is 2.90 bits per heavy atom. The van der Waals surface area contributed by atoms with Gasteiger partial charge < -0.3 is 9.84 Å². The van der Waals surface area contributed by atoms with Crippen molar-refractivity contribution in [1.29, 1.82) is 0 Å². The molecule has 4 heteroatoms. The fraction of sp³-hybridized carbons (Fsp3) is 0.812. The molecule has 0 spiro atoms. The first kappa shape index (κ1) is 15.5. The van der Waals surface area contributed by atoms with E-state index in [1.54, 1.807) is 0 Å². The molecule has 0 saturated carbocycles. The molecule has 1 unspecified atom stereocenters. The van der Waals surface area contributed by atoms with Crippen LogP contribution in [0.15, 0.2) is 10.6 Å². The lowest BCUT2D eigenvalue weighted by Gasteiger charge is -2.26. The SMILES string of the molecule is CCCNCc1cc(CN2CCC(C(C)(C)C)C2)on1.